The maximum absolute atomic E-state index is 9.99. The van der Waals surface area contributed by atoms with Crippen molar-refractivity contribution in [3.63, 3.8) is 0 Å². The minimum atomic E-state index is -1.17. The first-order chi connectivity index (χ1) is 7.04. The summed E-state index contributed by atoms with van der Waals surface area (Å²) >= 11 is 0. The van der Waals surface area contributed by atoms with Crippen molar-refractivity contribution in [1.82, 2.24) is 5.32 Å². The molecule has 0 aromatic rings. The van der Waals surface area contributed by atoms with Crippen molar-refractivity contribution in [2.75, 3.05) is 6.54 Å². The molecule has 0 aliphatic carbocycles. The number of nitrogens with two attached hydrogens (primary N) is 1. The fourth-order valence-electron chi connectivity index (χ4n) is 0.819. The van der Waals surface area contributed by atoms with E-state index >= 15 is 0 Å². The molecule has 6 nitrogen and oxygen atoms in total. The number of carboxylic acids is 2. The second-order valence-corrected chi connectivity index (χ2v) is 3.02. The molecule has 0 radical (unpaired) electrons. The monoisotopic (exact) mass is 216 g/mol. The van der Waals surface area contributed by atoms with Crippen LogP contribution in [-0.4, -0.2) is 34.7 Å². The lowest BCUT2D eigenvalue weighted by atomic mass is 10.2. The van der Waals surface area contributed by atoms with Crippen molar-refractivity contribution < 1.29 is 19.8 Å². The Morgan fingerprint density at radius 2 is 2.13 bits per heavy atom. The van der Waals surface area contributed by atoms with Gasteiger partial charge in [0.05, 0.1) is 0 Å². The number of carboxylic acid groups (broad SMARTS) is 2. The van der Waals surface area contributed by atoms with Gasteiger partial charge in [0.1, 0.15) is 6.04 Å². The lowest BCUT2D eigenvalue weighted by Gasteiger charge is -2.01. The number of hydrogen-bond donors (Lipinski definition) is 4. The van der Waals surface area contributed by atoms with Crippen molar-refractivity contribution in [3.05, 3.63) is 12.3 Å². The van der Waals surface area contributed by atoms with Crippen molar-refractivity contribution in [1.29, 1.82) is 0 Å². The quantitative estimate of drug-likeness (QED) is 0.515. The number of carbonyl (C=O) groups is 2. The van der Waals surface area contributed by atoms with Crippen LogP contribution in [-0.2, 0) is 9.59 Å². The Bertz CT molecular complexity index is 234. The minimum Gasteiger partial charge on any atom is -0.481 e. The zero-order chi connectivity index (χ0) is 11.7. The van der Waals surface area contributed by atoms with E-state index in [0.717, 1.165) is 6.54 Å². The van der Waals surface area contributed by atoms with Crippen LogP contribution in [0.25, 0.3) is 0 Å². The van der Waals surface area contributed by atoms with E-state index in [1.807, 2.05) is 6.20 Å². The standard InChI is InChI=1S/C5H9NO4.C4H7N/c6-3(5(9)10)1-2-4(7)8;1-2-4-5-3-1/h3H,1-2,6H2,(H,7,8)(H,9,10);1,3,5H,2,4H2/t3-;/m0./s1. The Hall–Kier alpha value is -1.56. The summed E-state index contributed by atoms with van der Waals surface area (Å²) in [6.45, 7) is 1.14. The summed E-state index contributed by atoms with van der Waals surface area (Å²) < 4.78 is 0. The maximum Gasteiger partial charge on any atom is 0.320 e. The Labute approximate surface area is 87.8 Å². The third-order valence-corrected chi connectivity index (χ3v) is 1.68. The second-order valence-electron chi connectivity index (χ2n) is 3.02. The van der Waals surface area contributed by atoms with Crippen molar-refractivity contribution >= 4 is 11.9 Å². The van der Waals surface area contributed by atoms with Crippen LogP contribution in [0.1, 0.15) is 19.3 Å². The average molecular weight is 216 g/mol. The van der Waals surface area contributed by atoms with E-state index in [1.165, 1.54) is 6.42 Å². The summed E-state index contributed by atoms with van der Waals surface area (Å²) in [6, 6.07) is -1.06. The normalized spacial score (nSPS) is 14.7. The lowest BCUT2D eigenvalue weighted by molar-refractivity contribution is -0.139. The summed E-state index contributed by atoms with van der Waals surface area (Å²) in [5.74, 6) is -2.20. The first-order valence-corrected chi connectivity index (χ1v) is 4.62. The van der Waals surface area contributed by atoms with Crippen LogP contribution in [0.5, 0.6) is 0 Å². The SMILES string of the molecule is C1=CNCC1.N[C@@H](CCC(=O)O)C(=O)O. The van der Waals surface area contributed by atoms with Crippen molar-refractivity contribution in [2.45, 2.75) is 25.3 Å². The van der Waals surface area contributed by atoms with Gasteiger partial charge in [0, 0.05) is 13.0 Å². The van der Waals surface area contributed by atoms with Gasteiger partial charge in [0.25, 0.3) is 0 Å². The summed E-state index contributed by atoms with van der Waals surface area (Å²) in [4.78, 5) is 19.9. The number of hydrogen-bond acceptors (Lipinski definition) is 4. The number of nitrogens with one attached hydrogen (secondary N) is 1. The molecule has 1 aliphatic rings. The fourth-order valence-corrected chi connectivity index (χ4v) is 0.819. The number of aliphatic carboxylic acids is 2. The zero-order valence-corrected chi connectivity index (χ0v) is 8.35. The van der Waals surface area contributed by atoms with Gasteiger partial charge < -0.3 is 21.3 Å². The van der Waals surface area contributed by atoms with Gasteiger partial charge in [0.2, 0.25) is 0 Å². The molecular formula is C9H16N2O4. The minimum absolute atomic E-state index is 0.0231. The van der Waals surface area contributed by atoms with Crippen LogP contribution in [0.3, 0.4) is 0 Å². The molecule has 0 saturated carbocycles. The lowest BCUT2D eigenvalue weighted by Crippen LogP contribution is -2.30. The molecular weight excluding hydrogens is 200 g/mol. The Morgan fingerprint density at radius 3 is 2.40 bits per heavy atom. The molecule has 0 aromatic carbocycles. The molecule has 15 heavy (non-hydrogen) atoms. The first-order valence-electron chi connectivity index (χ1n) is 4.62. The molecule has 1 atom stereocenters. The average Bonchev–Trinajstić information content (AvgIpc) is 2.71. The largest absolute Gasteiger partial charge is 0.481 e. The van der Waals surface area contributed by atoms with E-state index in [0.29, 0.717) is 0 Å². The van der Waals surface area contributed by atoms with Crippen LogP contribution in [0, 0.1) is 0 Å². The Kier molecular flexibility index (Phi) is 7.00. The molecule has 0 bridgehead atoms. The maximum atomic E-state index is 9.99. The highest BCUT2D eigenvalue weighted by molar-refractivity contribution is 5.74. The molecule has 0 unspecified atom stereocenters. The van der Waals surface area contributed by atoms with Crippen LogP contribution in [0.2, 0.25) is 0 Å². The van der Waals surface area contributed by atoms with E-state index in [9.17, 15) is 9.59 Å². The van der Waals surface area contributed by atoms with E-state index in [4.69, 9.17) is 15.9 Å². The molecule has 1 rings (SSSR count). The molecule has 1 heterocycles. The van der Waals surface area contributed by atoms with Crippen LogP contribution in [0.15, 0.2) is 12.3 Å². The van der Waals surface area contributed by atoms with Gasteiger partial charge in [-0.15, -0.1) is 0 Å². The van der Waals surface area contributed by atoms with E-state index < -0.39 is 18.0 Å². The van der Waals surface area contributed by atoms with Crippen molar-refractivity contribution in [3.8, 4) is 0 Å². The van der Waals surface area contributed by atoms with Gasteiger partial charge in [-0.25, -0.2) is 0 Å². The van der Waals surface area contributed by atoms with Gasteiger partial charge >= 0.3 is 11.9 Å². The third-order valence-electron chi connectivity index (χ3n) is 1.68. The van der Waals surface area contributed by atoms with Crippen LogP contribution >= 0.6 is 0 Å². The second kappa shape index (κ2) is 7.81. The highest BCUT2D eigenvalue weighted by Crippen LogP contribution is 1.93. The predicted octanol–water partition coefficient (Wildman–Crippen LogP) is -0.243. The van der Waals surface area contributed by atoms with Crippen LogP contribution < -0.4 is 11.1 Å². The molecule has 6 heteroatoms. The molecule has 1 aliphatic heterocycles. The van der Waals surface area contributed by atoms with Crippen LogP contribution in [0.4, 0.5) is 0 Å². The predicted molar refractivity (Wildman–Crippen MR) is 54.2 cm³/mol. The Balaban J connectivity index is 0.000000322. The van der Waals surface area contributed by atoms with Gasteiger partial charge in [-0.1, -0.05) is 6.08 Å². The smallest absolute Gasteiger partial charge is 0.320 e. The van der Waals surface area contributed by atoms with Gasteiger partial charge in [-0.2, -0.15) is 0 Å². The topological polar surface area (TPSA) is 113 Å². The number of rotatable bonds is 4. The Morgan fingerprint density at radius 1 is 1.47 bits per heavy atom. The summed E-state index contributed by atoms with van der Waals surface area (Å²) in [7, 11) is 0. The van der Waals surface area contributed by atoms with E-state index in [-0.39, 0.29) is 12.8 Å². The fraction of sp³-hybridized carbons (Fsp3) is 0.556. The molecule has 5 N–H and O–H groups in total. The summed E-state index contributed by atoms with van der Waals surface area (Å²) in [5.41, 5.74) is 5.00. The van der Waals surface area contributed by atoms with Gasteiger partial charge in [-0.3, -0.25) is 9.59 Å². The molecule has 0 fully saturated rings. The summed E-state index contributed by atoms with van der Waals surface area (Å²) in [6.07, 6.45) is 5.10. The highest BCUT2D eigenvalue weighted by atomic mass is 16.4. The molecule has 0 spiro atoms. The first kappa shape index (κ1) is 13.4. The molecule has 86 valence electrons. The molecule has 0 amide bonds. The molecule has 0 saturated heterocycles. The van der Waals surface area contributed by atoms with E-state index in [1.54, 1.807) is 0 Å². The highest BCUT2D eigenvalue weighted by Gasteiger charge is 2.12. The molecule has 0 aromatic heterocycles. The zero-order valence-electron chi connectivity index (χ0n) is 8.35. The van der Waals surface area contributed by atoms with Gasteiger partial charge in [0.15, 0.2) is 0 Å². The van der Waals surface area contributed by atoms with Gasteiger partial charge in [-0.05, 0) is 19.0 Å². The third kappa shape index (κ3) is 8.76. The van der Waals surface area contributed by atoms with Crippen molar-refractivity contribution in [2.24, 2.45) is 5.73 Å². The van der Waals surface area contributed by atoms with E-state index in [2.05, 4.69) is 11.4 Å². The summed E-state index contributed by atoms with van der Waals surface area (Å²) in [5, 5.41) is 19.3.